The molecule has 0 radical (unpaired) electrons. The first-order valence-electron chi connectivity index (χ1n) is 9.29. The van der Waals surface area contributed by atoms with Crippen molar-refractivity contribution in [2.45, 2.75) is 13.0 Å². The molecule has 0 N–H and O–H groups in total. The summed E-state index contributed by atoms with van der Waals surface area (Å²) < 4.78 is 11.1. The molecule has 0 saturated heterocycles. The van der Waals surface area contributed by atoms with E-state index in [0.717, 1.165) is 22.4 Å². The molecule has 6 nitrogen and oxygen atoms in total. The van der Waals surface area contributed by atoms with Crippen LogP contribution in [0.1, 0.15) is 27.4 Å². The lowest BCUT2D eigenvalue weighted by atomic mass is 10.1. The number of benzene rings is 2. The second-order valence-electron chi connectivity index (χ2n) is 6.84. The van der Waals surface area contributed by atoms with Gasteiger partial charge in [-0.1, -0.05) is 18.2 Å². The Kier molecular flexibility index (Phi) is 5.24. The number of ether oxygens (including phenoxy) is 1. The number of carbonyl (C=O) groups excluding carboxylic acids is 1. The molecule has 0 aliphatic heterocycles. The van der Waals surface area contributed by atoms with Gasteiger partial charge in [-0.2, -0.15) is 0 Å². The molecule has 0 unspecified atom stereocenters. The van der Waals surface area contributed by atoms with Gasteiger partial charge in [0, 0.05) is 38.0 Å². The lowest BCUT2D eigenvalue weighted by molar-refractivity contribution is 0.0785. The lowest BCUT2D eigenvalue weighted by Gasteiger charge is -2.17. The highest BCUT2D eigenvalue weighted by Gasteiger charge is 2.15. The van der Waals surface area contributed by atoms with E-state index in [1.165, 1.54) is 0 Å². The van der Waals surface area contributed by atoms with Crippen LogP contribution in [-0.2, 0) is 13.0 Å². The predicted molar refractivity (Wildman–Crippen MR) is 110 cm³/mol. The van der Waals surface area contributed by atoms with Gasteiger partial charge < -0.3 is 14.1 Å². The van der Waals surface area contributed by atoms with Gasteiger partial charge in [-0.3, -0.25) is 9.78 Å². The highest BCUT2D eigenvalue weighted by Crippen LogP contribution is 2.21. The van der Waals surface area contributed by atoms with Crippen molar-refractivity contribution in [1.82, 2.24) is 14.9 Å². The summed E-state index contributed by atoms with van der Waals surface area (Å²) in [5.74, 6) is 1.34. The van der Waals surface area contributed by atoms with Crippen LogP contribution in [0.2, 0.25) is 0 Å². The van der Waals surface area contributed by atoms with Gasteiger partial charge in [-0.15, -0.1) is 0 Å². The molecule has 0 bridgehead atoms. The van der Waals surface area contributed by atoms with Crippen molar-refractivity contribution in [2.75, 3.05) is 14.2 Å². The van der Waals surface area contributed by atoms with Crippen LogP contribution in [0.4, 0.5) is 0 Å². The third-order valence-electron chi connectivity index (χ3n) is 4.68. The molecule has 4 rings (SSSR count). The highest BCUT2D eigenvalue weighted by atomic mass is 16.5. The maximum Gasteiger partial charge on any atom is 0.254 e. The Balaban J connectivity index is 1.50. The zero-order valence-electron chi connectivity index (χ0n) is 16.3. The summed E-state index contributed by atoms with van der Waals surface area (Å²) in [5, 5.41) is 0. The Morgan fingerprint density at radius 2 is 1.93 bits per heavy atom. The fourth-order valence-electron chi connectivity index (χ4n) is 3.16. The summed E-state index contributed by atoms with van der Waals surface area (Å²) in [6, 6.07) is 16.9. The minimum absolute atomic E-state index is 0.0798. The molecule has 2 heterocycles. The van der Waals surface area contributed by atoms with Gasteiger partial charge in [0.05, 0.1) is 7.11 Å². The van der Waals surface area contributed by atoms with Gasteiger partial charge >= 0.3 is 0 Å². The van der Waals surface area contributed by atoms with Crippen LogP contribution in [0.3, 0.4) is 0 Å². The predicted octanol–water partition coefficient (Wildman–Crippen LogP) is 4.09. The normalized spacial score (nSPS) is 10.8. The number of rotatable bonds is 6. The first kappa shape index (κ1) is 18.7. The minimum atomic E-state index is -0.0798. The first-order valence-corrected chi connectivity index (χ1v) is 9.29. The van der Waals surface area contributed by atoms with Crippen molar-refractivity contribution in [3.63, 3.8) is 0 Å². The molecule has 2 aromatic carbocycles. The van der Waals surface area contributed by atoms with E-state index in [9.17, 15) is 4.79 Å². The number of amides is 1. The number of nitrogens with zero attached hydrogens (tertiary/aromatic N) is 3. The zero-order valence-corrected chi connectivity index (χ0v) is 16.3. The molecule has 0 aliphatic rings. The third-order valence-corrected chi connectivity index (χ3v) is 4.68. The Morgan fingerprint density at radius 3 is 2.66 bits per heavy atom. The van der Waals surface area contributed by atoms with Crippen LogP contribution in [0.25, 0.3) is 11.1 Å². The van der Waals surface area contributed by atoms with Crippen molar-refractivity contribution in [1.29, 1.82) is 0 Å². The van der Waals surface area contributed by atoms with Crippen LogP contribution < -0.4 is 4.74 Å². The van der Waals surface area contributed by atoms with Gasteiger partial charge in [-0.05, 0) is 47.5 Å². The van der Waals surface area contributed by atoms with Crippen molar-refractivity contribution >= 4 is 17.0 Å². The Bertz CT molecular complexity index is 1120. The number of methoxy groups -OCH3 is 1. The van der Waals surface area contributed by atoms with Gasteiger partial charge in [-0.25, -0.2) is 4.98 Å². The highest BCUT2D eigenvalue weighted by molar-refractivity contribution is 5.96. The van der Waals surface area contributed by atoms with E-state index < -0.39 is 0 Å². The van der Waals surface area contributed by atoms with Crippen molar-refractivity contribution in [3.05, 3.63) is 89.6 Å². The smallest absolute Gasteiger partial charge is 0.254 e. The maximum absolute atomic E-state index is 12.8. The summed E-state index contributed by atoms with van der Waals surface area (Å²) >= 11 is 0. The van der Waals surface area contributed by atoms with Gasteiger partial charge in [0.15, 0.2) is 11.5 Å². The molecule has 6 heteroatoms. The SMILES string of the molecule is COc1ccc(Cc2nc3ccc(C(=O)N(C)Cc4cccnc4)cc3o2)cc1. The van der Waals surface area contributed by atoms with Crippen LogP contribution in [0.15, 0.2) is 71.4 Å². The minimum Gasteiger partial charge on any atom is -0.497 e. The summed E-state index contributed by atoms with van der Waals surface area (Å²) in [4.78, 5) is 23.1. The Labute approximate surface area is 168 Å². The second-order valence-corrected chi connectivity index (χ2v) is 6.84. The van der Waals surface area contributed by atoms with Gasteiger partial charge in [0.1, 0.15) is 11.3 Å². The molecular weight excluding hydrogens is 366 g/mol. The quantitative estimate of drug-likeness (QED) is 0.498. The van der Waals surface area contributed by atoms with E-state index in [0.29, 0.717) is 30.0 Å². The number of fused-ring (bicyclic) bond motifs is 1. The lowest BCUT2D eigenvalue weighted by Crippen LogP contribution is -2.26. The van der Waals surface area contributed by atoms with Crippen molar-refractivity contribution in [3.8, 4) is 5.75 Å². The first-order chi connectivity index (χ1) is 14.1. The number of aromatic nitrogens is 2. The number of pyridine rings is 1. The molecule has 0 spiro atoms. The molecule has 4 aromatic rings. The van der Waals surface area contributed by atoms with E-state index in [2.05, 4.69) is 9.97 Å². The number of hydrogen-bond acceptors (Lipinski definition) is 5. The number of hydrogen-bond donors (Lipinski definition) is 0. The molecule has 29 heavy (non-hydrogen) atoms. The molecular formula is C23H21N3O3. The fraction of sp³-hybridized carbons (Fsp3) is 0.174. The Morgan fingerprint density at radius 1 is 1.10 bits per heavy atom. The average molecular weight is 387 g/mol. The van der Waals surface area contributed by atoms with E-state index >= 15 is 0 Å². The van der Waals surface area contributed by atoms with Crippen molar-refractivity contribution in [2.24, 2.45) is 0 Å². The third kappa shape index (κ3) is 4.27. The largest absolute Gasteiger partial charge is 0.497 e. The molecule has 146 valence electrons. The van der Waals surface area contributed by atoms with Crippen molar-refractivity contribution < 1.29 is 13.9 Å². The topological polar surface area (TPSA) is 68.5 Å². The van der Waals surface area contributed by atoms with E-state index in [1.54, 1.807) is 43.6 Å². The van der Waals surface area contributed by atoms with E-state index in [-0.39, 0.29) is 5.91 Å². The summed E-state index contributed by atoms with van der Waals surface area (Å²) in [7, 11) is 3.41. The van der Waals surface area contributed by atoms with Crippen LogP contribution in [0, 0.1) is 0 Å². The Hall–Kier alpha value is -3.67. The second kappa shape index (κ2) is 8.14. The van der Waals surface area contributed by atoms with Crippen LogP contribution in [-0.4, -0.2) is 34.9 Å². The van der Waals surface area contributed by atoms with E-state index in [4.69, 9.17) is 9.15 Å². The van der Waals surface area contributed by atoms with Gasteiger partial charge in [0.2, 0.25) is 0 Å². The summed E-state index contributed by atoms with van der Waals surface area (Å²) in [6.07, 6.45) is 4.05. The molecule has 2 aromatic heterocycles. The summed E-state index contributed by atoms with van der Waals surface area (Å²) in [6.45, 7) is 0.490. The van der Waals surface area contributed by atoms with E-state index in [1.807, 2.05) is 42.5 Å². The average Bonchev–Trinajstić information content (AvgIpc) is 3.15. The monoisotopic (exact) mass is 387 g/mol. The molecule has 0 saturated carbocycles. The number of carbonyl (C=O) groups is 1. The number of oxazole rings is 1. The van der Waals surface area contributed by atoms with Crippen LogP contribution >= 0.6 is 0 Å². The molecule has 0 aliphatic carbocycles. The molecule has 1 amide bonds. The van der Waals surface area contributed by atoms with Gasteiger partial charge in [0.25, 0.3) is 5.91 Å². The standard InChI is InChI=1S/C23H21N3O3/c1-26(15-17-4-3-11-24-14-17)23(27)18-7-10-20-21(13-18)29-22(25-20)12-16-5-8-19(28-2)9-6-16/h3-11,13-14H,12,15H2,1-2H3. The molecule has 0 fully saturated rings. The van der Waals surface area contributed by atoms with Crippen LogP contribution in [0.5, 0.6) is 5.75 Å². The maximum atomic E-state index is 12.8. The zero-order chi connectivity index (χ0) is 20.2. The molecule has 0 atom stereocenters. The summed E-state index contributed by atoms with van der Waals surface area (Å²) in [5.41, 5.74) is 3.96. The fourth-order valence-corrected chi connectivity index (χ4v) is 3.16.